The molecule has 1 amide bonds. The van der Waals surface area contributed by atoms with Crippen LogP contribution in [-0.2, 0) is 11.2 Å². The van der Waals surface area contributed by atoms with Crippen molar-refractivity contribution in [3.05, 3.63) is 88.5 Å². The zero-order valence-electron chi connectivity index (χ0n) is 23.9. The van der Waals surface area contributed by atoms with Crippen molar-refractivity contribution >= 4 is 11.9 Å². The smallest absolute Gasteiger partial charge is 0.334 e. The number of aliphatic hydroxyl groups excluding tert-OH is 1. The third-order valence-corrected chi connectivity index (χ3v) is 7.05. The fourth-order valence-corrected chi connectivity index (χ4v) is 4.53. The number of benzene rings is 3. The van der Waals surface area contributed by atoms with E-state index in [1.54, 1.807) is 12.1 Å². The van der Waals surface area contributed by atoms with Crippen LogP contribution in [0.15, 0.2) is 60.7 Å². The normalized spacial score (nSPS) is 12.3. The van der Waals surface area contributed by atoms with E-state index in [1.165, 1.54) is 27.8 Å². The van der Waals surface area contributed by atoms with E-state index < -0.39 is 18.0 Å². The Balaban J connectivity index is 1.55. The highest BCUT2D eigenvalue weighted by Gasteiger charge is 2.20. The maximum atomic E-state index is 12.2. The Kier molecular flexibility index (Phi) is 9.92. The van der Waals surface area contributed by atoms with Crippen LogP contribution >= 0.6 is 0 Å². The summed E-state index contributed by atoms with van der Waals surface area (Å²) in [7, 11) is 0. The van der Waals surface area contributed by atoms with Gasteiger partial charge in [-0.1, -0.05) is 64.1 Å². The van der Waals surface area contributed by atoms with Gasteiger partial charge in [0, 0.05) is 5.56 Å². The van der Waals surface area contributed by atoms with Gasteiger partial charge in [0.2, 0.25) is 0 Å². The molecule has 3 aromatic carbocycles. The van der Waals surface area contributed by atoms with E-state index in [-0.39, 0.29) is 12.0 Å². The fraction of sp³-hybridized carbons (Fsp3) is 0.394. The molecule has 0 bridgehead atoms. The molecule has 1 atom stereocenters. The molecule has 0 aliphatic heterocycles. The Morgan fingerprint density at radius 1 is 0.949 bits per heavy atom. The van der Waals surface area contributed by atoms with E-state index in [1.807, 2.05) is 12.1 Å². The molecule has 0 radical (unpaired) electrons. The van der Waals surface area contributed by atoms with E-state index in [9.17, 15) is 14.7 Å². The van der Waals surface area contributed by atoms with E-state index >= 15 is 0 Å². The molecule has 1 unspecified atom stereocenters. The molecule has 3 rings (SSSR count). The Labute approximate surface area is 232 Å². The highest BCUT2D eigenvalue weighted by Crippen LogP contribution is 2.33. The number of aliphatic carboxylic acids is 1. The van der Waals surface area contributed by atoms with Crippen LogP contribution in [0.25, 0.3) is 11.1 Å². The quantitative estimate of drug-likeness (QED) is 0.255. The molecule has 0 aromatic heterocycles. The van der Waals surface area contributed by atoms with Crippen LogP contribution in [0.1, 0.15) is 72.6 Å². The number of carbonyl (C=O) groups excluding carboxylic acids is 1. The Bertz CT molecular complexity index is 1250. The van der Waals surface area contributed by atoms with Crippen molar-refractivity contribution in [1.82, 2.24) is 5.32 Å². The molecule has 39 heavy (non-hydrogen) atoms. The van der Waals surface area contributed by atoms with Gasteiger partial charge in [-0.05, 0) is 95.7 Å². The zero-order valence-corrected chi connectivity index (χ0v) is 23.9. The first-order valence-electron chi connectivity index (χ1n) is 13.5. The largest absolute Gasteiger partial charge is 0.493 e. The van der Waals surface area contributed by atoms with Crippen molar-refractivity contribution in [2.24, 2.45) is 5.41 Å². The molecule has 0 saturated heterocycles. The van der Waals surface area contributed by atoms with Crippen LogP contribution in [-0.4, -0.2) is 41.3 Å². The number of aryl methyl sites for hydroxylation is 3. The summed E-state index contributed by atoms with van der Waals surface area (Å²) in [5.41, 5.74) is 7.68. The average Bonchev–Trinajstić information content (AvgIpc) is 2.89. The van der Waals surface area contributed by atoms with Crippen LogP contribution in [0.3, 0.4) is 0 Å². The Hall–Kier alpha value is -3.64. The summed E-state index contributed by atoms with van der Waals surface area (Å²) in [6.07, 6.45) is 0.117. The van der Waals surface area contributed by atoms with Crippen molar-refractivity contribution in [1.29, 1.82) is 0 Å². The van der Waals surface area contributed by atoms with Gasteiger partial charge in [0.1, 0.15) is 5.75 Å². The minimum absolute atomic E-state index is 0.0594. The lowest BCUT2D eigenvalue weighted by Crippen LogP contribution is -2.36. The van der Waals surface area contributed by atoms with Gasteiger partial charge in [0.05, 0.1) is 13.2 Å². The summed E-state index contributed by atoms with van der Waals surface area (Å²) in [6.45, 7) is 13.3. The van der Waals surface area contributed by atoms with E-state index in [0.717, 1.165) is 24.2 Å². The van der Waals surface area contributed by atoms with Crippen LogP contribution in [0.4, 0.5) is 0 Å². The van der Waals surface area contributed by atoms with Gasteiger partial charge < -0.3 is 20.3 Å². The maximum absolute atomic E-state index is 12.2. The van der Waals surface area contributed by atoms with Gasteiger partial charge in [-0.25, -0.2) is 4.79 Å². The first kappa shape index (κ1) is 29.9. The molecule has 0 spiro atoms. The number of rotatable bonds is 12. The van der Waals surface area contributed by atoms with Gasteiger partial charge in [-0.15, -0.1) is 0 Å². The standard InChI is InChI=1S/C33H41NO5/c1-21(2)25-11-13-26(14-12-25)30-22(3)17-28(18-23(30)4)39-20-33(5,6)16-15-24-7-9-27(10-8-24)31(36)34-19-29(35)32(37)38/h7-14,17-18,21,29,35H,15-16,19-20H2,1-6H3,(H,34,36)(H,37,38). The third-order valence-electron chi connectivity index (χ3n) is 7.05. The summed E-state index contributed by atoms with van der Waals surface area (Å²) < 4.78 is 6.26. The second kappa shape index (κ2) is 12.9. The van der Waals surface area contributed by atoms with Crippen molar-refractivity contribution in [2.75, 3.05) is 13.2 Å². The number of carbonyl (C=O) groups is 2. The number of aliphatic hydroxyl groups is 1. The first-order valence-corrected chi connectivity index (χ1v) is 13.5. The lowest BCUT2D eigenvalue weighted by Gasteiger charge is -2.25. The average molecular weight is 532 g/mol. The number of ether oxygens (including phenoxy) is 1. The van der Waals surface area contributed by atoms with Crippen LogP contribution in [0.5, 0.6) is 5.75 Å². The van der Waals surface area contributed by atoms with Crippen LogP contribution in [0, 0.1) is 19.3 Å². The van der Waals surface area contributed by atoms with Crippen molar-refractivity contribution < 1.29 is 24.5 Å². The second-order valence-corrected chi connectivity index (χ2v) is 11.4. The molecule has 6 heteroatoms. The number of amides is 1. The molecule has 6 nitrogen and oxygen atoms in total. The maximum Gasteiger partial charge on any atom is 0.334 e. The van der Waals surface area contributed by atoms with E-state index in [0.29, 0.717) is 18.1 Å². The molecule has 0 aliphatic carbocycles. The summed E-state index contributed by atoms with van der Waals surface area (Å²) in [4.78, 5) is 22.9. The van der Waals surface area contributed by atoms with Gasteiger partial charge in [0.15, 0.2) is 6.10 Å². The number of hydrogen-bond acceptors (Lipinski definition) is 4. The molecule has 208 valence electrons. The highest BCUT2D eigenvalue weighted by molar-refractivity contribution is 5.94. The predicted molar refractivity (Wildman–Crippen MR) is 155 cm³/mol. The topological polar surface area (TPSA) is 95.9 Å². The number of carboxylic acids is 1. The summed E-state index contributed by atoms with van der Waals surface area (Å²) in [6, 6.07) is 20.3. The number of hydrogen-bond donors (Lipinski definition) is 3. The molecule has 0 aliphatic rings. The van der Waals surface area contributed by atoms with Gasteiger partial charge in [-0.2, -0.15) is 0 Å². The fourth-order valence-electron chi connectivity index (χ4n) is 4.53. The van der Waals surface area contributed by atoms with Crippen LogP contribution < -0.4 is 10.1 Å². The molecule has 0 heterocycles. The van der Waals surface area contributed by atoms with Crippen molar-refractivity contribution in [2.45, 2.75) is 66.4 Å². The van der Waals surface area contributed by atoms with E-state index in [2.05, 4.69) is 83.3 Å². The Morgan fingerprint density at radius 3 is 2.08 bits per heavy atom. The highest BCUT2D eigenvalue weighted by atomic mass is 16.5. The number of carboxylic acid groups (broad SMARTS) is 1. The van der Waals surface area contributed by atoms with E-state index in [4.69, 9.17) is 9.84 Å². The molecule has 3 N–H and O–H groups in total. The van der Waals surface area contributed by atoms with Crippen LogP contribution in [0.2, 0.25) is 0 Å². The molecule has 0 fully saturated rings. The molecular weight excluding hydrogens is 490 g/mol. The zero-order chi connectivity index (χ0) is 28.7. The predicted octanol–water partition coefficient (Wildman–Crippen LogP) is 6.31. The minimum atomic E-state index is -1.62. The number of nitrogens with one attached hydrogen (secondary N) is 1. The molecular formula is C33H41NO5. The van der Waals surface area contributed by atoms with Crippen molar-refractivity contribution in [3.63, 3.8) is 0 Å². The van der Waals surface area contributed by atoms with Gasteiger partial charge >= 0.3 is 5.97 Å². The second-order valence-electron chi connectivity index (χ2n) is 11.4. The molecule has 0 saturated carbocycles. The lowest BCUT2D eigenvalue weighted by atomic mass is 9.87. The minimum Gasteiger partial charge on any atom is -0.493 e. The SMILES string of the molecule is Cc1cc(OCC(C)(C)CCc2ccc(C(=O)NCC(O)C(=O)O)cc2)cc(C)c1-c1ccc(C(C)C)cc1. The first-order chi connectivity index (χ1) is 18.4. The summed E-state index contributed by atoms with van der Waals surface area (Å²) >= 11 is 0. The summed E-state index contributed by atoms with van der Waals surface area (Å²) in [5.74, 6) is -0.394. The van der Waals surface area contributed by atoms with Gasteiger partial charge in [-0.3, -0.25) is 4.79 Å². The third kappa shape index (κ3) is 8.42. The van der Waals surface area contributed by atoms with Gasteiger partial charge in [0.25, 0.3) is 5.91 Å². The lowest BCUT2D eigenvalue weighted by molar-refractivity contribution is -0.146. The van der Waals surface area contributed by atoms with Crippen molar-refractivity contribution in [3.8, 4) is 16.9 Å². The Morgan fingerprint density at radius 2 is 1.54 bits per heavy atom. The summed E-state index contributed by atoms with van der Waals surface area (Å²) in [5, 5.41) is 20.5. The monoisotopic (exact) mass is 531 g/mol. The molecule has 3 aromatic rings.